The summed E-state index contributed by atoms with van der Waals surface area (Å²) < 4.78 is 0. The molecule has 0 rings (SSSR count). The third-order valence-corrected chi connectivity index (χ3v) is 1.73. The smallest absolute Gasteiger partial charge is 0.0125 e. The Hall–Kier alpha value is -0.0400. The lowest BCUT2D eigenvalue weighted by atomic mass is 9.99. The van der Waals surface area contributed by atoms with Crippen molar-refractivity contribution in [2.75, 3.05) is 6.54 Å². The fourth-order valence-electron chi connectivity index (χ4n) is 1.18. The second-order valence-corrected chi connectivity index (χ2v) is 3.56. The molecule has 0 heterocycles. The normalized spacial score (nSPS) is 10.5. The molecule has 0 aliphatic heterocycles. The lowest BCUT2D eigenvalue weighted by Crippen LogP contribution is -2.39. The minimum absolute atomic E-state index is 0.352. The highest BCUT2D eigenvalue weighted by Gasteiger charge is 2.13. The van der Waals surface area contributed by atoms with Gasteiger partial charge in [-0.05, 0) is 33.2 Å². The molecule has 0 radical (unpaired) electrons. The molecule has 0 aromatic rings. The molecule has 1 N–H and O–H groups in total. The minimum Gasteiger partial charge on any atom is -0.312 e. The van der Waals surface area contributed by atoms with Crippen molar-refractivity contribution in [1.29, 1.82) is 0 Å². The summed E-state index contributed by atoms with van der Waals surface area (Å²) in [4.78, 5) is 0. The van der Waals surface area contributed by atoms with Crippen LogP contribution in [0.2, 0.25) is 0 Å². The highest BCUT2D eigenvalue weighted by Crippen LogP contribution is 2.09. The van der Waals surface area contributed by atoms with Gasteiger partial charge < -0.3 is 5.32 Å². The summed E-state index contributed by atoms with van der Waals surface area (Å²) in [6, 6.07) is 0. The van der Waals surface area contributed by atoms with Crippen LogP contribution in [-0.2, 0) is 0 Å². The Bertz CT molecular complexity index is 77.1. The van der Waals surface area contributed by atoms with Crippen LogP contribution in [0, 0.1) is 0 Å². The first kappa shape index (κ1) is 14.5. The molecule has 0 aromatic heterocycles. The molecule has 1 heteroatoms. The fourth-order valence-corrected chi connectivity index (χ4v) is 1.18. The number of rotatable bonds is 5. The maximum Gasteiger partial charge on any atom is 0.0125 e. The summed E-state index contributed by atoms with van der Waals surface area (Å²) in [6.45, 7) is 14.1. The van der Waals surface area contributed by atoms with Crippen molar-refractivity contribution in [3.63, 3.8) is 0 Å². The SMILES string of the molecule is CC.CCCNC(C)(C)CCC. The van der Waals surface area contributed by atoms with Gasteiger partial charge in [-0.25, -0.2) is 0 Å². The molecule has 1 nitrogen and oxygen atoms in total. The van der Waals surface area contributed by atoms with Gasteiger partial charge in [-0.1, -0.05) is 34.1 Å². The predicted octanol–water partition coefficient (Wildman–Crippen LogP) is 3.59. The van der Waals surface area contributed by atoms with E-state index in [9.17, 15) is 0 Å². The van der Waals surface area contributed by atoms with Crippen LogP contribution in [-0.4, -0.2) is 12.1 Å². The molecule has 0 unspecified atom stereocenters. The largest absolute Gasteiger partial charge is 0.312 e. The highest BCUT2D eigenvalue weighted by atomic mass is 14.9. The van der Waals surface area contributed by atoms with Gasteiger partial charge in [-0.15, -0.1) is 0 Å². The van der Waals surface area contributed by atoms with Crippen LogP contribution in [0.1, 0.15) is 60.8 Å². The quantitative estimate of drug-likeness (QED) is 0.670. The van der Waals surface area contributed by atoms with Crippen LogP contribution in [0.4, 0.5) is 0 Å². The van der Waals surface area contributed by atoms with Crippen molar-refractivity contribution in [3.8, 4) is 0 Å². The Kier molecular flexibility index (Phi) is 10.9. The molecule has 0 bridgehead atoms. The molecular weight excluding hydrogens is 146 g/mol. The predicted molar refractivity (Wildman–Crippen MR) is 58.6 cm³/mol. The maximum absolute atomic E-state index is 3.51. The van der Waals surface area contributed by atoms with Crippen molar-refractivity contribution in [2.24, 2.45) is 0 Å². The second-order valence-electron chi connectivity index (χ2n) is 3.56. The lowest BCUT2D eigenvalue weighted by Gasteiger charge is -2.25. The molecule has 0 aliphatic carbocycles. The average molecular weight is 173 g/mol. The number of hydrogen-bond donors (Lipinski definition) is 1. The molecule has 0 saturated carbocycles. The number of nitrogens with one attached hydrogen (secondary N) is 1. The maximum atomic E-state index is 3.51. The Labute approximate surface area is 78.9 Å². The topological polar surface area (TPSA) is 12.0 Å². The molecule has 0 spiro atoms. The molecule has 0 aromatic carbocycles. The van der Waals surface area contributed by atoms with Gasteiger partial charge in [-0.3, -0.25) is 0 Å². The third kappa shape index (κ3) is 9.96. The van der Waals surface area contributed by atoms with Crippen LogP contribution < -0.4 is 5.32 Å². The monoisotopic (exact) mass is 173 g/mol. The minimum atomic E-state index is 0.352. The summed E-state index contributed by atoms with van der Waals surface area (Å²) >= 11 is 0. The Morgan fingerprint density at radius 1 is 1.00 bits per heavy atom. The van der Waals surface area contributed by atoms with Gasteiger partial charge in [0.2, 0.25) is 0 Å². The molecule has 0 aliphatic rings. The molecule has 76 valence electrons. The first-order valence-electron chi connectivity index (χ1n) is 5.37. The van der Waals surface area contributed by atoms with Gasteiger partial charge in [0.15, 0.2) is 0 Å². The van der Waals surface area contributed by atoms with Crippen LogP contribution in [0.15, 0.2) is 0 Å². The van der Waals surface area contributed by atoms with Crippen LogP contribution in [0.25, 0.3) is 0 Å². The van der Waals surface area contributed by atoms with E-state index in [1.165, 1.54) is 19.3 Å². The average Bonchev–Trinajstić information content (AvgIpc) is 2.05. The first-order chi connectivity index (χ1) is 5.62. The molecular formula is C11H27N. The molecule has 0 amide bonds. The Balaban J connectivity index is 0. The number of hydrogen-bond acceptors (Lipinski definition) is 1. The van der Waals surface area contributed by atoms with Gasteiger partial charge in [0.05, 0.1) is 0 Å². The van der Waals surface area contributed by atoms with E-state index in [2.05, 4.69) is 33.0 Å². The van der Waals surface area contributed by atoms with Crippen molar-refractivity contribution >= 4 is 0 Å². The van der Waals surface area contributed by atoms with E-state index < -0.39 is 0 Å². The van der Waals surface area contributed by atoms with E-state index >= 15 is 0 Å². The van der Waals surface area contributed by atoms with Gasteiger partial charge >= 0.3 is 0 Å². The summed E-state index contributed by atoms with van der Waals surface area (Å²) in [5.41, 5.74) is 0.352. The van der Waals surface area contributed by atoms with E-state index in [1.54, 1.807) is 0 Å². The standard InChI is InChI=1S/C9H21N.C2H6/c1-5-7-9(3,4)10-8-6-2;1-2/h10H,5-8H2,1-4H3;1-2H3. The van der Waals surface area contributed by atoms with Gasteiger partial charge in [0, 0.05) is 5.54 Å². The zero-order valence-corrected chi connectivity index (χ0v) is 9.83. The van der Waals surface area contributed by atoms with Gasteiger partial charge in [0.25, 0.3) is 0 Å². The van der Waals surface area contributed by atoms with Crippen molar-refractivity contribution in [2.45, 2.75) is 66.3 Å². The van der Waals surface area contributed by atoms with Crippen LogP contribution >= 0.6 is 0 Å². The second kappa shape index (κ2) is 9.05. The van der Waals surface area contributed by atoms with E-state index in [-0.39, 0.29) is 0 Å². The van der Waals surface area contributed by atoms with Crippen LogP contribution in [0.5, 0.6) is 0 Å². The fraction of sp³-hybridized carbons (Fsp3) is 1.00. The molecule has 0 fully saturated rings. The zero-order valence-electron chi connectivity index (χ0n) is 9.83. The Morgan fingerprint density at radius 2 is 1.50 bits per heavy atom. The van der Waals surface area contributed by atoms with E-state index in [4.69, 9.17) is 0 Å². The van der Waals surface area contributed by atoms with Gasteiger partial charge in [0.1, 0.15) is 0 Å². The summed E-state index contributed by atoms with van der Waals surface area (Å²) in [5, 5.41) is 3.51. The third-order valence-electron chi connectivity index (χ3n) is 1.73. The van der Waals surface area contributed by atoms with Gasteiger partial charge in [-0.2, -0.15) is 0 Å². The highest BCUT2D eigenvalue weighted by molar-refractivity contribution is 4.75. The molecule has 0 atom stereocenters. The molecule has 12 heavy (non-hydrogen) atoms. The van der Waals surface area contributed by atoms with Crippen molar-refractivity contribution < 1.29 is 0 Å². The Morgan fingerprint density at radius 3 is 1.83 bits per heavy atom. The van der Waals surface area contributed by atoms with E-state index in [1.807, 2.05) is 13.8 Å². The zero-order chi connectivity index (χ0) is 10.0. The summed E-state index contributed by atoms with van der Waals surface area (Å²) in [6.07, 6.45) is 3.77. The molecule has 0 saturated heterocycles. The van der Waals surface area contributed by atoms with E-state index in [0.29, 0.717) is 5.54 Å². The lowest BCUT2D eigenvalue weighted by molar-refractivity contribution is 0.360. The first-order valence-corrected chi connectivity index (χ1v) is 5.37. The van der Waals surface area contributed by atoms with Crippen LogP contribution in [0.3, 0.4) is 0 Å². The summed E-state index contributed by atoms with van der Waals surface area (Å²) in [5.74, 6) is 0. The van der Waals surface area contributed by atoms with E-state index in [0.717, 1.165) is 6.54 Å². The van der Waals surface area contributed by atoms with Crippen molar-refractivity contribution in [1.82, 2.24) is 5.32 Å². The van der Waals surface area contributed by atoms with Crippen molar-refractivity contribution in [3.05, 3.63) is 0 Å². The summed E-state index contributed by atoms with van der Waals surface area (Å²) in [7, 11) is 0.